The Kier molecular flexibility index (Phi) is 4.89. The molecule has 25 heavy (non-hydrogen) atoms. The molecule has 3 rings (SSSR count). The molecule has 0 saturated carbocycles. The Balaban J connectivity index is 1.94. The van der Waals surface area contributed by atoms with Crippen LogP contribution in [0.5, 0.6) is 0 Å². The molecule has 1 aromatic heterocycles. The first-order valence-electron chi connectivity index (χ1n) is 8.31. The Labute approximate surface area is 148 Å². The van der Waals surface area contributed by atoms with Crippen molar-refractivity contribution >= 4 is 11.5 Å². The second-order valence-electron chi connectivity index (χ2n) is 6.05. The van der Waals surface area contributed by atoms with Gasteiger partial charge in [0.25, 0.3) is 0 Å². The largest absolute Gasteiger partial charge is 0.383 e. The lowest BCUT2D eigenvalue weighted by Crippen LogP contribution is -2.12. The molecule has 0 saturated heterocycles. The molecule has 0 bridgehead atoms. The van der Waals surface area contributed by atoms with E-state index in [-0.39, 0.29) is 0 Å². The van der Waals surface area contributed by atoms with Crippen molar-refractivity contribution < 1.29 is 0 Å². The molecule has 2 N–H and O–H groups in total. The van der Waals surface area contributed by atoms with Gasteiger partial charge in [-0.1, -0.05) is 61.5 Å². The van der Waals surface area contributed by atoms with E-state index in [1.807, 2.05) is 13.0 Å². The zero-order valence-electron chi connectivity index (χ0n) is 14.8. The second-order valence-corrected chi connectivity index (χ2v) is 6.05. The molecule has 4 heteroatoms. The quantitative estimate of drug-likeness (QED) is 0.736. The molecular formula is C21H22N4. The smallest absolute Gasteiger partial charge is 0.136 e. The maximum atomic E-state index is 6.06. The second kappa shape index (κ2) is 7.26. The van der Waals surface area contributed by atoms with E-state index in [1.54, 1.807) is 7.05 Å². The summed E-state index contributed by atoms with van der Waals surface area (Å²) in [7, 11) is 1.77. The summed E-state index contributed by atoms with van der Waals surface area (Å²) in [5.41, 5.74) is 12.1. The maximum Gasteiger partial charge on any atom is 0.136 e. The summed E-state index contributed by atoms with van der Waals surface area (Å²) >= 11 is 0. The fourth-order valence-electron chi connectivity index (χ4n) is 3.03. The summed E-state index contributed by atoms with van der Waals surface area (Å²) in [5.74, 6) is 0.791. The number of rotatable bonds is 4. The summed E-state index contributed by atoms with van der Waals surface area (Å²) in [4.78, 5) is 12.8. The van der Waals surface area contributed by atoms with Crippen molar-refractivity contribution in [2.75, 3.05) is 12.8 Å². The molecule has 0 aliphatic heterocycles. The third-order valence-electron chi connectivity index (χ3n) is 4.51. The molecule has 0 aliphatic rings. The van der Waals surface area contributed by atoms with Crippen molar-refractivity contribution in [3.8, 4) is 0 Å². The molecule has 1 atom stereocenters. The minimum Gasteiger partial charge on any atom is -0.383 e. The number of aryl methyl sites for hydroxylation is 1. The van der Waals surface area contributed by atoms with E-state index in [2.05, 4.69) is 70.4 Å². The van der Waals surface area contributed by atoms with Gasteiger partial charge in [0.05, 0.1) is 17.0 Å². The zero-order valence-corrected chi connectivity index (χ0v) is 14.8. The lowest BCUT2D eigenvalue weighted by molar-refractivity contribution is 0.922. The average molecular weight is 330 g/mol. The number of hydrogen-bond donors (Lipinski definition) is 1. The summed E-state index contributed by atoms with van der Waals surface area (Å²) in [6.45, 7) is 4.14. The van der Waals surface area contributed by atoms with Crippen LogP contribution < -0.4 is 5.73 Å². The first-order valence-corrected chi connectivity index (χ1v) is 8.31. The zero-order chi connectivity index (χ0) is 17.8. The molecule has 1 unspecified atom stereocenters. The summed E-state index contributed by atoms with van der Waals surface area (Å²) in [6.07, 6.45) is 1.48. The number of nitrogen functional groups attached to an aromatic ring is 1. The van der Waals surface area contributed by atoms with E-state index in [0.29, 0.717) is 11.7 Å². The third kappa shape index (κ3) is 3.43. The van der Waals surface area contributed by atoms with Crippen molar-refractivity contribution in [2.24, 2.45) is 4.99 Å². The molecule has 0 radical (unpaired) electrons. The van der Waals surface area contributed by atoms with Gasteiger partial charge in [0, 0.05) is 18.5 Å². The lowest BCUT2D eigenvalue weighted by Gasteiger charge is -2.14. The molecule has 126 valence electrons. The Morgan fingerprint density at radius 1 is 0.960 bits per heavy atom. The molecule has 2 aromatic carbocycles. The van der Waals surface area contributed by atoms with Gasteiger partial charge >= 0.3 is 0 Å². The third-order valence-corrected chi connectivity index (χ3v) is 4.51. The van der Waals surface area contributed by atoms with Gasteiger partial charge in [-0.2, -0.15) is 0 Å². The van der Waals surface area contributed by atoms with Crippen LogP contribution in [0.4, 0.5) is 5.82 Å². The average Bonchev–Trinajstić information content (AvgIpc) is 2.65. The van der Waals surface area contributed by atoms with Crippen molar-refractivity contribution in [1.29, 1.82) is 0 Å². The van der Waals surface area contributed by atoms with Gasteiger partial charge in [-0.15, -0.1) is 0 Å². The fraction of sp³-hybridized carbons (Fsp3) is 0.190. The maximum absolute atomic E-state index is 6.06. The van der Waals surface area contributed by atoms with E-state index in [4.69, 9.17) is 5.73 Å². The number of aromatic nitrogens is 2. The van der Waals surface area contributed by atoms with E-state index >= 15 is 0 Å². The van der Waals surface area contributed by atoms with E-state index in [9.17, 15) is 0 Å². The van der Waals surface area contributed by atoms with Crippen LogP contribution in [0.3, 0.4) is 0 Å². The summed E-state index contributed by atoms with van der Waals surface area (Å²) in [6, 6.07) is 19.0. The Morgan fingerprint density at radius 3 is 2.20 bits per heavy atom. The molecule has 0 amide bonds. The molecule has 0 aliphatic carbocycles. The lowest BCUT2D eigenvalue weighted by atomic mass is 9.91. The first-order chi connectivity index (χ1) is 12.1. The molecule has 0 spiro atoms. The van der Waals surface area contributed by atoms with Crippen LogP contribution in [-0.4, -0.2) is 22.7 Å². The number of nitrogens with zero attached hydrogens (tertiary/aromatic N) is 3. The first kappa shape index (κ1) is 16.8. The van der Waals surface area contributed by atoms with Gasteiger partial charge in [-0.3, -0.25) is 4.99 Å². The monoisotopic (exact) mass is 330 g/mol. The summed E-state index contributed by atoms with van der Waals surface area (Å²) in [5, 5.41) is 0. The highest BCUT2D eigenvalue weighted by molar-refractivity contribution is 6.15. The van der Waals surface area contributed by atoms with E-state index < -0.39 is 0 Å². The minimum atomic E-state index is 0.337. The van der Waals surface area contributed by atoms with Crippen LogP contribution in [0.1, 0.15) is 40.8 Å². The minimum absolute atomic E-state index is 0.337. The van der Waals surface area contributed by atoms with Crippen LogP contribution in [-0.2, 0) is 0 Å². The van der Waals surface area contributed by atoms with Crippen molar-refractivity contribution in [2.45, 2.75) is 19.8 Å². The van der Waals surface area contributed by atoms with Gasteiger partial charge in [0.1, 0.15) is 12.1 Å². The van der Waals surface area contributed by atoms with Gasteiger partial charge in [-0.05, 0) is 18.1 Å². The van der Waals surface area contributed by atoms with Crippen molar-refractivity contribution in [3.05, 3.63) is 88.9 Å². The molecule has 0 fully saturated rings. The number of benzene rings is 2. The molecule has 3 aromatic rings. The van der Waals surface area contributed by atoms with Crippen LogP contribution in [0.2, 0.25) is 0 Å². The fourth-order valence-corrected chi connectivity index (χ4v) is 3.03. The van der Waals surface area contributed by atoms with Gasteiger partial charge in [0.2, 0.25) is 0 Å². The summed E-state index contributed by atoms with van der Waals surface area (Å²) < 4.78 is 0. The van der Waals surface area contributed by atoms with Crippen molar-refractivity contribution in [1.82, 2.24) is 9.97 Å². The molecular weight excluding hydrogens is 308 g/mol. The highest BCUT2D eigenvalue weighted by Crippen LogP contribution is 2.25. The predicted molar refractivity (Wildman–Crippen MR) is 103 cm³/mol. The van der Waals surface area contributed by atoms with Crippen LogP contribution in [0, 0.1) is 6.92 Å². The number of aliphatic imine (C=N–C) groups is 1. The Morgan fingerprint density at radius 2 is 1.60 bits per heavy atom. The van der Waals surface area contributed by atoms with Crippen LogP contribution in [0.25, 0.3) is 0 Å². The van der Waals surface area contributed by atoms with Gasteiger partial charge in [-0.25, -0.2) is 9.97 Å². The Bertz CT molecular complexity index is 863. The highest BCUT2D eigenvalue weighted by Gasteiger charge is 2.15. The molecule has 4 nitrogen and oxygen atoms in total. The standard InChI is InChI=1S/C21H22N4/c1-14(16-7-5-4-6-8-16)17-9-11-18(12-10-17)20(23-3)19-15(2)24-13-25-21(19)22/h4-14H,1-3H3,(H2,22,24,25). The van der Waals surface area contributed by atoms with Gasteiger partial charge in [0.15, 0.2) is 0 Å². The normalized spacial score (nSPS) is 12.8. The molecule has 1 heterocycles. The Hall–Kier alpha value is -3.01. The SMILES string of the molecule is CN=C(c1ccc(C(C)c2ccccc2)cc1)c1c(C)ncnc1N. The topological polar surface area (TPSA) is 64.2 Å². The van der Waals surface area contributed by atoms with Crippen LogP contribution in [0.15, 0.2) is 65.9 Å². The number of hydrogen-bond acceptors (Lipinski definition) is 4. The van der Waals surface area contributed by atoms with E-state index in [0.717, 1.165) is 22.5 Å². The highest BCUT2D eigenvalue weighted by atomic mass is 14.9. The number of anilines is 1. The van der Waals surface area contributed by atoms with E-state index in [1.165, 1.54) is 17.5 Å². The van der Waals surface area contributed by atoms with Crippen molar-refractivity contribution in [3.63, 3.8) is 0 Å². The number of nitrogens with two attached hydrogens (primary N) is 1. The van der Waals surface area contributed by atoms with Crippen LogP contribution >= 0.6 is 0 Å². The van der Waals surface area contributed by atoms with Gasteiger partial charge < -0.3 is 5.73 Å². The predicted octanol–water partition coefficient (Wildman–Crippen LogP) is 3.99.